The molecule has 3 rings (SSSR count). The summed E-state index contributed by atoms with van der Waals surface area (Å²) in [5.74, 6) is -4.39. The molecule has 2 N–H and O–H groups in total. The molecule has 126 valence electrons. The predicted octanol–water partition coefficient (Wildman–Crippen LogP) is 1.08. The second-order valence-corrected chi connectivity index (χ2v) is 8.45. The summed E-state index contributed by atoms with van der Waals surface area (Å²) in [5, 5.41) is 18.1. The van der Waals surface area contributed by atoms with Gasteiger partial charge in [-0.25, -0.2) is 4.79 Å². The van der Waals surface area contributed by atoms with E-state index >= 15 is 0 Å². The van der Waals surface area contributed by atoms with Gasteiger partial charge in [0.05, 0.1) is 11.8 Å². The van der Waals surface area contributed by atoms with E-state index in [-0.39, 0.29) is 27.9 Å². The number of carbonyl (C=O) groups is 4. The highest BCUT2D eigenvalue weighted by Gasteiger charge is 2.67. The standard InChI is InChI=1S/C14H15Br2NO6/c15-10-4-3-5(11(10)16)9-8(4)12(20)17(13(9)21)6(14(22)23)1-2-7(18)19/h4-6,8-11H,1-3H2,(H,18,19)(H,22,23). The van der Waals surface area contributed by atoms with E-state index in [0.29, 0.717) is 0 Å². The van der Waals surface area contributed by atoms with E-state index in [1.54, 1.807) is 0 Å². The van der Waals surface area contributed by atoms with Gasteiger partial charge in [0.2, 0.25) is 11.8 Å². The molecule has 7 nitrogen and oxygen atoms in total. The Morgan fingerprint density at radius 3 is 1.96 bits per heavy atom. The van der Waals surface area contributed by atoms with Crippen molar-refractivity contribution in [3.8, 4) is 0 Å². The quantitative estimate of drug-likeness (QED) is 0.476. The highest BCUT2D eigenvalue weighted by molar-refractivity contribution is 9.12. The van der Waals surface area contributed by atoms with Crippen molar-refractivity contribution >= 4 is 55.6 Å². The van der Waals surface area contributed by atoms with Crippen LogP contribution in [0, 0.1) is 23.7 Å². The fraction of sp³-hybridized carbons (Fsp3) is 0.714. The van der Waals surface area contributed by atoms with E-state index in [1.165, 1.54) is 0 Å². The average Bonchev–Trinajstić information content (AvgIpc) is 3.06. The van der Waals surface area contributed by atoms with Gasteiger partial charge >= 0.3 is 11.9 Å². The van der Waals surface area contributed by atoms with Gasteiger partial charge in [0.15, 0.2) is 0 Å². The SMILES string of the molecule is O=C(O)CCC(C(=O)O)N1C(=O)C2C3CC(C(Br)C3Br)C2C1=O. The number of carboxylic acid groups (broad SMARTS) is 2. The van der Waals surface area contributed by atoms with Crippen molar-refractivity contribution in [1.82, 2.24) is 4.90 Å². The lowest BCUT2D eigenvalue weighted by molar-refractivity contribution is -0.156. The Kier molecular flexibility index (Phi) is 4.29. The zero-order valence-electron chi connectivity index (χ0n) is 11.9. The number of hydrogen-bond donors (Lipinski definition) is 2. The zero-order valence-corrected chi connectivity index (χ0v) is 15.1. The van der Waals surface area contributed by atoms with E-state index in [9.17, 15) is 24.3 Å². The van der Waals surface area contributed by atoms with Gasteiger partial charge in [-0.05, 0) is 24.7 Å². The van der Waals surface area contributed by atoms with Crippen LogP contribution < -0.4 is 0 Å². The number of carbonyl (C=O) groups excluding carboxylic acids is 2. The van der Waals surface area contributed by atoms with E-state index in [0.717, 1.165) is 11.3 Å². The van der Waals surface area contributed by atoms with Crippen molar-refractivity contribution in [1.29, 1.82) is 0 Å². The molecule has 2 aliphatic carbocycles. The molecule has 2 bridgehead atoms. The van der Waals surface area contributed by atoms with Crippen LogP contribution >= 0.6 is 31.9 Å². The molecule has 0 aromatic rings. The van der Waals surface area contributed by atoms with Crippen molar-refractivity contribution in [2.75, 3.05) is 0 Å². The average molecular weight is 453 g/mol. The first kappa shape index (κ1) is 16.9. The maximum Gasteiger partial charge on any atom is 0.326 e. The molecule has 1 heterocycles. The Morgan fingerprint density at radius 2 is 1.57 bits per heavy atom. The summed E-state index contributed by atoms with van der Waals surface area (Å²) in [7, 11) is 0. The molecule has 9 heteroatoms. The lowest BCUT2D eigenvalue weighted by Crippen LogP contribution is -2.46. The van der Waals surface area contributed by atoms with Gasteiger partial charge in [-0.3, -0.25) is 19.3 Å². The Balaban J connectivity index is 1.87. The van der Waals surface area contributed by atoms with E-state index in [4.69, 9.17) is 5.11 Å². The minimum atomic E-state index is -1.40. The Hall–Kier alpha value is -0.960. The van der Waals surface area contributed by atoms with Crippen LogP contribution in [0.4, 0.5) is 0 Å². The normalized spacial score (nSPS) is 39.7. The predicted molar refractivity (Wildman–Crippen MR) is 84.2 cm³/mol. The fourth-order valence-corrected chi connectivity index (χ4v) is 6.18. The molecule has 2 saturated carbocycles. The van der Waals surface area contributed by atoms with E-state index < -0.39 is 48.1 Å². The summed E-state index contributed by atoms with van der Waals surface area (Å²) in [4.78, 5) is 48.5. The first-order valence-corrected chi connectivity index (χ1v) is 9.18. The lowest BCUT2D eigenvalue weighted by atomic mass is 9.81. The molecule has 1 saturated heterocycles. The Morgan fingerprint density at radius 1 is 1.09 bits per heavy atom. The lowest BCUT2D eigenvalue weighted by Gasteiger charge is -2.28. The Bertz CT molecular complexity index is 564. The molecule has 23 heavy (non-hydrogen) atoms. The Labute approximate surface area is 148 Å². The highest BCUT2D eigenvalue weighted by Crippen LogP contribution is 2.60. The maximum atomic E-state index is 12.7. The van der Waals surface area contributed by atoms with Gasteiger partial charge in [0.25, 0.3) is 0 Å². The smallest absolute Gasteiger partial charge is 0.326 e. The number of aliphatic carboxylic acids is 2. The second kappa shape index (κ2) is 5.84. The highest BCUT2D eigenvalue weighted by atomic mass is 79.9. The summed E-state index contributed by atoms with van der Waals surface area (Å²) in [5.41, 5.74) is 0. The summed E-state index contributed by atoms with van der Waals surface area (Å²) in [6, 6.07) is -1.40. The van der Waals surface area contributed by atoms with Crippen LogP contribution in [0.15, 0.2) is 0 Å². The number of fused-ring (bicyclic) bond motifs is 5. The molecule has 0 spiro atoms. The topological polar surface area (TPSA) is 112 Å². The number of rotatable bonds is 5. The number of hydrogen-bond acceptors (Lipinski definition) is 4. The molecule has 0 radical (unpaired) electrons. The molecule has 1 aliphatic heterocycles. The summed E-state index contributed by atoms with van der Waals surface area (Å²) in [6.07, 6.45) is 0.0874. The van der Waals surface area contributed by atoms with Crippen LogP contribution in [0.25, 0.3) is 0 Å². The van der Waals surface area contributed by atoms with Crippen molar-refractivity contribution in [3.05, 3.63) is 0 Å². The van der Waals surface area contributed by atoms with Crippen LogP contribution in [-0.4, -0.2) is 54.6 Å². The van der Waals surface area contributed by atoms with Gasteiger partial charge in [-0.15, -0.1) is 0 Å². The number of imide groups is 1. The molecule has 0 aromatic carbocycles. The van der Waals surface area contributed by atoms with E-state index in [1.807, 2.05) is 0 Å². The summed E-state index contributed by atoms with van der Waals surface area (Å²) in [6.45, 7) is 0. The third kappa shape index (κ3) is 2.43. The third-order valence-electron chi connectivity index (χ3n) is 5.25. The van der Waals surface area contributed by atoms with Gasteiger partial charge < -0.3 is 10.2 Å². The largest absolute Gasteiger partial charge is 0.481 e. The molecule has 3 fully saturated rings. The zero-order chi connectivity index (χ0) is 17.0. The van der Waals surface area contributed by atoms with E-state index in [2.05, 4.69) is 31.9 Å². The van der Waals surface area contributed by atoms with Gasteiger partial charge in [0, 0.05) is 16.1 Å². The molecule has 7 atom stereocenters. The number of alkyl halides is 2. The van der Waals surface area contributed by atoms with Crippen LogP contribution in [0.5, 0.6) is 0 Å². The summed E-state index contributed by atoms with van der Waals surface area (Å²) < 4.78 is 0. The summed E-state index contributed by atoms with van der Waals surface area (Å²) >= 11 is 7.11. The van der Waals surface area contributed by atoms with Gasteiger partial charge in [-0.2, -0.15) is 0 Å². The number of likely N-dealkylation sites (tertiary alicyclic amines) is 1. The minimum Gasteiger partial charge on any atom is -0.481 e. The van der Waals surface area contributed by atoms with Crippen LogP contribution in [0.2, 0.25) is 0 Å². The van der Waals surface area contributed by atoms with Crippen molar-refractivity contribution in [2.45, 2.75) is 35.0 Å². The number of halogens is 2. The molecular weight excluding hydrogens is 438 g/mol. The fourth-order valence-electron chi connectivity index (χ4n) is 4.30. The van der Waals surface area contributed by atoms with Gasteiger partial charge in [-0.1, -0.05) is 31.9 Å². The number of amides is 2. The number of nitrogens with zero attached hydrogens (tertiary/aromatic N) is 1. The number of carboxylic acids is 2. The van der Waals surface area contributed by atoms with Crippen LogP contribution in [-0.2, 0) is 19.2 Å². The van der Waals surface area contributed by atoms with Gasteiger partial charge in [0.1, 0.15) is 6.04 Å². The first-order valence-electron chi connectivity index (χ1n) is 7.35. The maximum absolute atomic E-state index is 12.7. The van der Waals surface area contributed by atoms with Crippen LogP contribution in [0.1, 0.15) is 19.3 Å². The monoisotopic (exact) mass is 451 g/mol. The molecule has 7 unspecified atom stereocenters. The van der Waals surface area contributed by atoms with Crippen molar-refractivity contribution in [2.24, 2.45) is 23.7 Å². The molecule has 3 aliphatic rings. The van der Waals surface area contributed by atoms with Crippen molar-refractivity contribution in [3.63, 3.8) is 0 Å². The molecule has 0 aromatic heterocycles. The molecule has 2 amide bonds. The first-order chi connectivity index (χ1) is 10.8. The van der Waals surface area contributed by atoms with Crippen molar-refractivity contribution < 1.29 is 29.4 Å². The third-order valence-corrected chi connectivity index (χ3v) is 8.46. The minimum absolute atomic E-state index is 0.00439. The van der Waals surface area contributed by atoms with Crippen LogP contribution in [0.3, 0.4) is 0 Å². The second-order valence-electron chi connectivity index (χ2n) is 6.34. The molecular formula is C14H15Br2NO6.